The number of rotatable bonds is 0. The van der Waals surface area contributed by atoms with Gasteiger partial charge in [0.05, 0.1) is 11.1 Å². The van der Waals surface area contributed by atoms with Crippen molar-refractivity contribution in [2.75, 3.05) is 0 Å². The number of amides is 2. The molecule has 0 aliphatic carbocycles. The summed E-state index contributed by atoms with van der Waals surface area (Å²) in [6.45, 7) is 0. The van der Waals surface area contributed by atoms with Crippen LogP contribution >= 0.6 is 12.8 Å². The molecule has 1 aliphatic rings. The molecular formula is C8H6NNaO2S. The van der Waals surface area contributed by atoms with Gasteiger partial charge in [-0.15, -0.1) is 0 Å². The quantitative estimate of drug-likeness (QED) is 0.378. The van der Waals surface area contributed by atoms with Crippen molar-refractivity contribution < 1.29 is 9.59 Å². The van der Waals surface area contributed by atoms with Gasteiger partial charge in [-0.05, 0) is 12.1 Å². The summed E-state index contributed by atoms with van der Waals surface area (Å²) in [5.41, 5.74) is 0.856. The van der Waals surface area contributed by atoms with Crippen LogP contribution < -0.4 is 0 Å². The summed E-state index contributed by atoms with van der Waals surface area (Å²) in [5, 5.41) is 0. The summed E-state index contributed by atoms with van der Waals surface area (Å²) in [6, 6.07) is 6.67. The van der Waals surface area contributed by atoms with Crippen molar-refractivity contribution in [1.29, 1.82) is 0 Å². The molecule has 0 saturated heterocycles. The maximum absolute atomic E-state index is 11.2. The van der Waals surface area contributed by atoms with Crippen molar-refractivity contribution in [3.05, 3.63) is 35.4 Å². The summed E-state index contributed by atoms with van der Waals surface area (Å²) in [4.78, 5) is 22.5. The van der Waals surface area contributed by atoms with Gasteiger partial charge in [0.1, 0.15) is 0 Å². The van der Waals surface area contributed by atoms with Gasteiger partial charge >= 0.3 is 29.6 Å². The van der Waals surface area contributed by atoms with Crippen LogP contribution in [0.25, 0.3) is 0 Å². The zero-order valence-corrected chi connectivity index (χ0v) is 6.91. The van der Waals surface area contributed by atoms with E-state index in [1.165, 1.54) is 0 Å². The minimum absolute atomic E-state index is 0. The van der Waals surface area contributed by atoms with Gasteiger partial charge in [0.25, 0.3) is 11.8 Å². The van der Waals surface area contributed by atoms with E-state index in [0.29, 0.717) is 11.1 Å². The molecule has 0 fully saturated rings. The Bertz CT molecular complexity index is 345. The standard InChI is InChI=1S/C8H5NO2S.Na.H/c10-7-5-3-1-2-4-6(5)8(11)9(7)12;;/h1-4,12H;;. The van der Waals surface area contributed by atoms with Crippen LogP contribution in [-0.4, -0.2) is 45.7 Å². The third-order valence-corrected chi connectivity index (χ3v) is 2.14. The Morgan fingerprint density at radius 1 is 1.00 bits per heavy atom. The molecule has 2 amide bonds. The van der Waals surface area contributed by atoms with E-state index in [1.807, 2.05) is 0 Å². The van der Waals surface area contributed by atoms with Crippen molar-refractivity contribution in [2.45, 2.75) is 0 Å². The molecule has 1 aromatic rings. The van der Waals surface area contributed by atoms with Crippen LogP contribution in [0.4, 0.5) is 0 Å². The molecule has 0 spiro atoms. The molecule has 0 saturated carbocycles. The van der Waals surface area contributed by atoms with Gasteiger partial charge < -0.3 is 0 Å². The van der Waals surface area contributed by atoms with Crippen molar-refractivity contribution in [3.8, 4) is 0 Å². The third kappa shape index (κ3) is 1.55. The molecule has 0 N–H and O–H groups in total. The molecule has 0 bridgehead atoms. The monoisotopic (exact) mass is 203 g/mol. The van der Waals surface area contributed by atoms with E-state index < -0.39 is 0 Å². The number of hydrogen-bond donors (Lipinski definition) is 1. The molecule has 0 radical (unpaired) electrons. The second-order valence-corrected chi connectivity index (χ2v) is 2.87. The van der Waals surface area contributed by atoms with E-state index in [2.05, 4.69) is 12.8 Å². The second-order valence-electron chi connectivity index (χ2n) is 2.47. The third-order valence-electron chi connectivity index (χ3n) is 1.77. The number of imide groups is 1. The fourth-order valence-corrected chi connectivity index (χ4v) is 1.39. The summed E-state index contributed by atoms with van der Waals surface area (Å²) < 4.78 is 0.824. The Morgan fingerprint density at radius 2 is 1.38 bits per heavy atom. The topological polar surface area (TPSA) is 37.4 Å². The number of thiol groups is 1. The number of fused-ring (bicyclic) bond motifs is 1. The first kappa shape index (κ1) is 10.8. The van der Waals surface area contributed by atoms with Gasteiger partial charge in [-0.1, -0.05) is 24.9 Å². The summed E-state index contributed by atoms with van der Waals surface area (Å²) in [5.74, 6) is -0.696. The van der Waals surface area contributed by atoms with Gasteiger partial charge in [0.15, 0.2) is 0 Å². The Balaban J connectivity index is 0.000000845. The van der Waals surface area contributed by atoms with Crippen LogP contribution in [-0.2, 0) is 0 Å². The van der Waals surface area contributed by atoms with Crippen LogP contribution in [0.3, 0.4) is 0 Å². The van der Waals surface area contributed by atoms with E-state index in [4.69, 9.17) is 0 Å². The molecular weight excluding hydrogens is 197 g/mol. The number of benzene rings is 1. The van der Waals surface area contributed by atoms with Gasteiger partial charge in [0.2, 0.25) is 0 Å². The molecule has 2 rings (SSSR count). The van der Waals surface area contributed by atoms with E-state index in [1.54, 1.807) is 24.3 Å². The SMILES string of the molecule is O=C1c2ccccc2C(=O)N1S.[NaH]. The van der Waals surface area contributed by atoms with E-state index >= 15 is 0 Å². The zero-order valence-electron chi connectivity index (χ0n) is 6.02. The van der Waals surface area contributed by atoms with Crippen molar-refractivity contribution in [2.24, 2.45) is 0 Å². The first-order valence-electron chi connectivity index (χ1n) is 3.38. The number of carbonyl (C=O) groups is 2. The van der Waals surface area contributed by atoms with Crippen LogP contribution in [0.5, 0.6) is 0 Å². The Labute approximate surface area is 103 Å². The number of carbonyl (C=O) groups excluding carboxylic acids is 2. The fraction of sp³-hybridized carbons (Fsp3) is 0. The van der Waals surface area contributed by atoms with Crippen LogP contribution in [0.2, 0.25) is 0 Å². The molecule has 1 heterocycles. The molecule has 62 valence electrons. The summed E-state index contributed by atoms with van der Waals surface area (Å²) >= 11 is 3.76. The molecule has 3 nitrogen and oxygen atoms in total. The first-order valence-corrected chi connectivity index (χ1v) is 3.78. The molecule has 0 aromatic heterocycles. The molecule has 0 atom stereocenters. The van der Waals surface area contributed by atoms with Crippen molar-refractivity contribution in [1.82, 2.24) is 4.31 Å². The molecule has 1 aromatic carbocycles. The van der Waals surface area contributed by atoms with Crippen molar-refractivity contribution >= 4 is 54.2 Å². The summed E-state index contributed by atoms with van der Waals surface area (Å²) in [6.07, 6.45) is 0. The van der Waals surface area contributed by atoms with E-state index in [-0.39, 0.29) is 41.4 Å². The zero-order chi connectivity index (χ0) is 8.72. The molecule has 1 aliphatic heterocycles. The summed E-state index contributed by atoms with van der Waals surface area (Å²) in [7, 11) is 0. The molecule has 5 heteroatoms. The normalized spacial score (nSPS) is 14.1. The van der Waals surface area contributed by atoms with E-state index in [9.17, 15) is 9.59 Å². The Kier molecular flexibility index (Phi) is 3.18. The minimum atomic E-state index is -0.348. The van der Waals surface area contributed by atoms with E-state index in [0.717, 1.165) is 4.31 Å². The average Bonchev–Trinajstić information content (AvgIpc) is 2.33. The van der Waals surface area contributed by atoms with Gasteiger partial charge in [-0.3, -0.25) is 9.59 Å². The first-order chi connectivity index (χ1) is 5.72. The van der Waals surface area contributed by atoms with Crippen LogP contribution in [0, 0.1) is 0 Å². The number of nitrogens with zero attached hydrogens (tertiary/aromatic N) is 1. The van der Waals surface area contributed by atoms with Crippen LogP contribution in [0.1, 0.15) is 20.7 Å². The van der Waals surface area contributed by atoms with Gasteiger partial charge in [0, 0.05) is 0 Å². The fourth-order valence-electron chi connectivity index (χ4n) is 1.18. The molecule has 13 heavy (non-hydrogen) atoms. The number of hydrogen-bond acceptors (Lipinski definition) is 3. The van der Waals surface area contributed by atoms with Crippen LogP contribution in [0.15, 0.2) is 24.3 Å². The Hall–Kier alpha value is -0.290. The Morgan fingerprint density at radius 3 is 1.77 bits per heavy atom. The second kappa shape index (κ2) is 3.84. The molecule has 0 unspecified atom stereocenters. The average molecular weight is 203 g/mol. The van der Waals surface area contributed by atoms with Gasteiger partial charge in [-0.25, -0.2) is 4.31 Å². The van der Waals surface area contributed by atoms with Gasteiger partial charge in [-0.2, -0.15) is 0 Å². The maximum atomic E-state index is 11.2. The predicted octanol–water partition coefficient (Wildman–Crippen LogP) is 0.479. The predicted molar refractivity (Wildman–Crippen MR) is 53.1 cm³/mol. The van der Waals surface area contributed by atoms with Crippen molar-refractivity contribution in [3.63, 3.8) is 0 Å².